The van der Waals surface area contributed by atoms with Crippen molar-refractivity contribution in [1.29, 1.82) is 0 Å². The second kappa shape index (κ2) is 7.90. The summed E-state index contributed by atoms with van der Waals surface area (Å²) in [6.07, 6.45) is 1.68. The second-order valence-electron chi connectivity index (χ2n) is 8.14. The van der Waals surface area contributed by atoms with Crippen LogP contribution in [0.4, 0.5) is 4.79 Å². The number of carbonyl (C=O) groups is 1. The maximum Gasteiger partial charge on any atom is 0.514 e. The molecule has 1 atom stereocenters. The number of carbonyl (C=O) groups excluding carboxylic acids is 1. The maximum absolute atomic E-state index is 12.0. The number of rotatable bonds is 5. The average molecular weight is 342 g/mol. The molecule has 3 heteroatoms. The van der Waals surface area contributed by atoms with E-state index < -0.39 is 11.8 Å². The van der Waals surface area contributed by atoms with E-state index in [0.717, 1.165) is 17.2 Å². The number of benzene rings is 2. The highest BCUT2D eigenvalue weighted by atomic mass is 16.7. The third kappa shape index (κ3) is 5.48. The van der Waals surface area contributed by atoms with E-state index in [1.54, 1.807) is 0 Å². The highest BCUT2D eigenvalue weighted by molar-refractivity contribution is 5.92. The average Bonchev–Trinajstić information content (AvgIpc) is 2.50. The SMILES string of the molecule is CC(C)CCC(C)c1cccc2c(OC(=O)OC(C)(C)C)cccc12. The Morgan fingerprint density at radius 3 is 2.24 bits per heavy atom. The van der Waals surface area contributed by atoms with Crippen molar-refractivity contribution in [1.82, 2.24) is 0 Å². The third-order valence-electron chi connectivity index (χ3n) is 4.21. The van der Waals surface area contributed by atoms with Gasteiger partial charge in [0.05, 0.1) is 0 Å². The normalized spacial score (nSPS) is 13.1. The molecule has 0 radical (unpaired) electrons. The van der Waals surface area contributed by atoms with Crippen LogP contribution in [0.5, 0.6) is 5.75 Å². The molecule has 25 heavy (non-hydrogen) atoms. The second-order valence-corrected chi connectivity index (χ2v) is 8.14. The Bertz CT molecular complexity index is 726. The highest BCUT2D eigenvalue weighted by Gasteiger charge is 2.19. The molecule has 2 aromatic rings. The van der Waals surface area contributed by atoms with Gasteiger partial charge in [-0.3, -0.25) is 0 Å². The Labute approximate surface area is 151 Å². The molecule has 0 aliphatic carbocycles. The van der Waals surface area contributed by atoms with E-state index in [0.29, 0.717) is 17.6 Å². The van der Waals surface area contributed by atoms with Crippen LogP contribution < -0.4 is 4.74 Å². The lowest BCUT2D eigenvalue weighted by molar-refractivity contribution is 0.0209. The van der Waals surface area contributed by atoms with Gasteiger partial charge in [-0.1, -0.05) is 57.5 Å². The summed E-state index contributed by atoms with van der Waals surface area (Å²) in [6, 6.07) is 12.0. The molecular weight excluding hydrogens is 312 g/mol. The predicted molar refractivity (Wildman–Crippen MR) is 103 cm³/mol. The molecule has 0 saturated heterocycles. The van der Waals surface area contributed by atoms with Gasteiger partial charge in [-0.15, -0.1) is 0 Å². The van der Waals surface area contributed by atoms with Crippen LogP contribution in [0.3, 0.4) is 0 Å². The summed E-state index contributed by atoms with van der Waals surface area (Å²) in [5, 5.41) is 2.09. The molecule has 0 aliphatic heterocycles. The van der Waals surface area contributed by atoms with Crippen molar-refractivity contribution in [3.8, 4) is 5.75 Å². The molecule has 3 nitrogen and oxygen atoms in total. The van der Waals surface area contributed by atoms with Gasteiger partial charge in [-0.05, 0) is 56.0 Å². The van der Waals surface area contributed by atoms with Crippen LogP contribution in [0, 0.1) is 5.92 Å². The van der Waals surface area contributed by atoms with Gasteiger partial charge in [0, 0.05) is 5.39 Å². The molecule has 0 fully saturated rings. The molecule has 0 spiro atoms. The van der Waals surface area contributed by atoms with Gasteiger partial charge in [0.25, 0.3) is 0 Å². The molecule has 2 rings (SSSR count). The van der Waals surface area contributed by atoms with Gasteiger partial charge >= 0.3 is 6.16 Å². The minimum atomic E-state index is -0.668. The summed E-state index contributed by atoms with van der Waals surface area (Å²) in [5.74, 6) is 1.70. The van der Waals surface area contributed by atoms with Crippen molar-refractivity contribution in [2.24, 2.45) is 5.92 Å². The molecule has 2 aromatic carbocycles. The summed E-state index contributed by atoms with van der Waals surface area (Å²) in [7, 11) is 0. The van der Waals surface area contributed by atoms with Crippen LogP contribution in [0.15, 0.2) is 36.4 Å². The standard InChI is InChI=1S/C22H30O3/c1-15(2)13-14-16(3)17-9-7-11-19-18(17)10-8-12-20(19)24-21(23)25-22(4,5)6/h7-12,15-16H,13-14H2,1-6H3. The van der Waals surface area contributed by atoms with Crippen LogP contribution in [-0.2, 0) is 4.74 Å². The monoisotopic (exact) mass is 342 g/mol. The Kier molecular flexibility index (Phi) is 6.10. The van der Waals surface area contributed by atoms with Crippen molar-refractivity contribution in [3.05, 3.63) is 42.0 Å². The summed E-state index contributed by atoms with van der Waals surface area (Å²) >= 11 is 0. The van der Waals surface area contributed by atoms with Gasteiger partial charge in [0.1, 0.15) is 11.4 Å². The zero-order valence-corrected chi connectivity index (χ0v) is 16.3. The molecule has 1 unspecified atom stereocenters. The molecule has 0 saturated carbocycles. The first-order chi connectivity index (χ1) is 11.7. The zero-order chi connectivity index (χ0) is 18.6. The smallest absolute Gasteiger partial charge is 0.428 e. The van der Waals surface area contributed by atoms with Gasteiger partial charge in [-0.25, -0.2) is 4.79 Å². The Morgan fingerprint density at radius 1 is 0.960 bits per heavy atom. The Morgan fingerprint density at radius 2 is 1.60 bits per heavy atom. The van der Waals surface area contributed by atoms with Crippen molar-refractivity contribution in [2.75, 3.05) is 0 Å². The first kappa shape index (κ1) is 19.3. The first-order valence-electron chi connectivity index (χ1n) is 9.10. The fraction of sp³-hybridized carbons (Fsp3) is 0.500. The highest BCUT2D eigenvalue weighted by Crippen LogP contribution is 2.34. The zero-order valence-electron chi connectivity index (χ0n) is 16.3. The van der Waals surface area contributed by atoms with Gasteiger partial charge in [0.2, 0.25) is 0 Å². The van der Waals surface area contributed by atoms with Crippen molar-refractivity contribution >= 4 is 16.9 Å². The number of fused-ring (bicyclic) bond motifs is 1. The van der Waals surface area contributed by atoms with Gasteiger partial charge in [0.15, 0.2) is 0 Å². The van der Waals surface area contributed by atoms with Gasteiger partial charge in [-0.2, -0.15) is 0 Å². The molecule has 0 amide bonds. The van der Waals surface area contributed by atoms with Crippen molar-refractivity contribution < 1.29 is 14.3 Å². The fourth-order valence-electron chi connectivity index (χ4n) is 2.92. The van der Waals surface area contributed by atoms with Gasteiger partial charge < -0.3 is 9.47 Å². The van der Waals surface area contributed by atoms with E-state index in [9.17, 15) is 4.79 Å². The minimum Gasteiger partial charge on any atom is -0.428 e. The number of hydrogen-bond donors (Lipinski definition) is 0. The molecule has 0 bridgehead atoms. The molecule has 0 aromatic heterocycles. The lowest BCUT2D eigenvalue weighted by Crippen LogP contribution is -2.26. The maximum atomic E-state index is 12.0. The molecular formula is C22H30O3. The molecule has 0 heterocycles. The summed E-state index contributed by atoms with van der Waals surface area (Å²) < 4.78 is 10.7. The van der Waals surface area contributed by atoms with Crippen molar-refractivity contribution in [3.63, 3.8) is 0 Å². The van der Waals surface area contributed by atoms with E-state index in [1.165, 1.54) is 12.0 Å². The van der Waals surface area contributed by atoms with E-state index in [-0.39, 0.29) is 0 Å². The van der Waals surface area contributed by atoms with Crippen LogP contribution in [0.25, 0.3) is 10.8 Å². The largest absolute Gasteiger partial charge is 0.514 e. The van der Waals surface area contributed by atoms with Crippen LogP contribution in [0.2, 0.25) is 0 Å². The molecule has 0 N–H and O–H groups in total. The Hall–Kier alpha value is -2.03. The topological polar surface area (TPSA) is 35.5 Å². The quantitative estimate of drug-likeness (QED) is 0.448. The summed E-state index contributed by atoms with van der Waals surface area (Å²) in [6.45, 7) is 12.2. The fourth-order valence-corrected chi connectivity index (χ4v) is 2.92. The minimum absolute atomic E-state index is 0.461. The lowest BCUT2D eigenvalue weighted by Gasteiger charge is -2.20. The number of ether oxygens (including phenoxy) is 2. The van der Waals surface area contributed by atoms with Crippen LogP contribution in [-0.4, -0.2) is 11.8 Å². The van der Waals surface area contributed by atoms with E-state index >= 15 is 0 Å². The lowest BCUT2D eigenvalue weighted by atomic mass is 9.89. The summed E-state index contributed by atoms with van der Waals surface area (Å²) in [5.41, 5.74) is 0.728. The predicted octanol–water partition coefficient (Wildman–Crippen LogP) is 6.69. The van der Waals surface area contributed by atoms with Crippen LogP contribution >= 0.6 is 0 Å². The van der Waals surface area contributed by atoms with E-state index in [1.807, 2.05) is 45.0 Å². The third-order valence-corrected chi connectivity index (χ3v) is 4.21. The van der Waals surface area contributed by atoms with E-state index in [2.05, 4.69) is 32.9 Å². The van der Waals surface area contributed by atoms with Crippen molar-refractivity contribution in [2.45, 2.75) is 65.9 Å². The number of hydrogen-bond acceptors (Lipinski definition) is 3. The summed E-state index contributed by atoms with van der Waals surface area (Å²) in [4.78, 5) is 12.0. The first-order valence-corrected chi connectivity index (χ1v) is 9.10. The van der Waals surface area contributed by atoms with Crippen LogP contribution in [0.1, 0.15) is 65.9 Å². The van der Waals surface area contributed by atoms with E-state index in [4.69, 9.17) is 9.47 Å². The molecule has 136 valence electrons. The molecule has 0 aliphatic rings. The Balaban J connectivity index is 2.29.